The van der Waals surface area contributed by atoms with Crippen LogP contribution >= 0.6 is 11.3 Å². The third-order valence-corrected chi connectivity index (χ3v) is 13.0. The minimum Gasteiger partial charge on any atom is -0.464 e. The maximum Gasteiger partial charge on any atom is 0.407 e. The van der Waals surface area contributed by atoms with E-state index in [0.29, 0.717) is 60.3 Å². The highest BCUT2D eigenvalue weighted by atomic mass is 32.1. The summed E-state index contributed by atoms with van der Waals surface area (Å²) >= 11 is 1.70. The van der Waals surface area contributed by atoms with Gasteiger partial charge in [0.25, 0.3) is 0 Å². The van der Waals surface area contributed by atoms with Crippen molar-refractivity contribution in [1.82, 2.24) is 34.7 Å². The smallest absolute Gasteiger partial charge is 0.407 e. The third kappa shape index (κ3) is 6.78. The molecule has 2 amide bonds. The number of fused-ring (bicyclic) bond motifs is 5. The van der Waals surface area contributed by atoms with E-state index in [2.05, 4.69) is 56.9 Å². The van der Waals surface area contributed by atoms with E-state index in [1.54, 1.807) is 30.1 Å². The van der Waals surface area contributed by atoms with Crippen LogP contribution < -0.4 is 10.1 Å². The van der Waals surface area contributed by atoms with Crippen molar-refractivity contribution in [3.8, 4) is 39.5 Å². The van der Waals surface area contributed by atoms with E-state index in [-0.39, 0.29) is 23.7 Å². The second kappa shape index (κ2) is 14.5. The van der Waals surface area contributed by atoms with Crippen LogP contribution in [0.1, 0.15) is 87.1 Å². The Morgan fingerprint density at radius 1 is 1.07 bits per heavy atom. The number of amides is 2. The number of nitrogens with zero attached hydrogens (tertiary/aromatic N) is 4. The Kier molecular flexibility index (Phi) is 9.43. The number of methoxy groups -OCH3 is 1. The molecular weight excluding hydrogens is 746 g/mol. The van der Waals surface area contributed by atoms with Crippen LogP contribution in [0.25, 0.3) is 44.7 Å². The quantitative estimate of drug-likeness (QED) is 0.140. The first-order valence-electron chi connectivity index (χ1n) is 19.6. The van der Waals surface area contributed by atoms with Crippen LogP contribution in [0.4, 0.5) is 9.18 Å². The molecule has 6 aromatic rings. The predicted molar refractivity (Wildman–Crippen MR) is 215 cm³/mol. The number of benzene rings is 2. The highest BCUT2D eigenvalue weighted by Gasteiger charge is 2.43. The fraction of sp³-hybridized carbons (Fsp3) is 0.395. The summed E-state index contributed by atoms with van der Waals surface area (Å²) in [7, 11) is 1.31. The van der Waals surface area contributed by atoms with Gasteiger partial charge in [0.15, 0.2) is 0 Å². The van der Waals surface area contributed by atoms with Gasteiger partial charge in [-0.15, -0.1) is 11.3 Å². The number of aromatic nitrogens is 5. The Morgan fingerprint density at radius 2 is 1.93 bits per heavy atom. The molecule has 57 heavy (non-hydrogen) atoms. The van der Waals surface area contributed by atoms with E-state index in [1.165, 1.54) is 18.1 Å². The molecule has 4 aromatic heterocycles. The fourth-order valence-corrected chi connectivity index (χ4v) is 9.82. The molecule has 4 atom stereocenters. The first-order chi connectivity index (χ1) is 27.5. The number of nitrogens with one attached hydrogen (secondary N) is 3. The van der Waals surface area contributed by atoms with Gasteiger partial charge in [-0.2, -0.15) is 0 Å². The molecule has 12 nitrogen and oxygen atoms in total. The number of likely N-dealkylation sites (tertiary alicyclic amines) is 1. The molecule has 3 aliphatic heterocycles. The van der Waals surface area contributed by atoms with E-state index < -0.39 is 24.0 Å². The van der Waals surface area contributed by atoms with Gasteiger partial charge in [0.1, 0.15) is 23.4 Å². The van der Waals surface area contributed by atoms with Gasteiger partial charge in [0.2, 0.25) is 12.1 Å². The Bertz CT molecular complexity index is 2470. The zero-order valence-corrected chi connectivity index (χ0v) is 33.4. The summed E-state index contributed by atoms with van der Waals surface area (Å²) < 4.78 is 35.9. The van der Waals surface area contributed by atoms with Crippen LogP contribution in [0.2, 0.25) is 0 Å². The van der Waals surface area contributed by atoms with Gasteiger partial charge < -0.3 is 34.4 Å². The number of halogens is 1. The summed E-state index contributed by atoms with van der Waals surface area (Å²) in [6, 6.07) is 14.8. The zero-order chi connectivity index (χ0) is 39.6. The summed E-state index contributed by atoms with van der Waals surface area (Å²) in [5.74, 6) is 0.891. The molecule has 0 bridgehead atoms. The maximum atomic E-state index is 16.2. The Morgan fingerprint density at radius 3 is 2.68 bits per heavy atom. The summed E-state index contributed by atoms with van der Waals surface area (Å²) in [5.41, 5.74) is 4.71. The molecule has 2 saturated heterocycles. The molecule has 2 aromatic carbocycles. The Hall–Kier alpha value is -5.47. The molecule has 9 rings (SSSR count). The van der Waals surface area contributed by atoms with E-state index >= 15 is 4.39 Å². The number of H-pyrrole nitrogens is 2. The van der Waals surface area contributed by atoms with Crippen molar-refractivity contribution < 1.29 is 28.2 Å². The number of imidazole rings is 2. The summed E-state index contributed by atoms with van der Waals surface area (Å²) in [5, 5.41) is 3.78. The van der Waals surface area contributed by atoms with Crippen molar-refractivity contribution in [3.05, 3.63) is 88.6 Å². The van der Waals surface area contributed by atoms with Gasteiger partial charge in [-0.05, 0) is 93.8 Å². The van der Waals surface area contributed by atoms with E-state index in [0.717, 1.165) is 45.6 Å². The van der Waals surface area contributed by atoms with Gasteiger partial charge in [-0.25, -0.2) is 19.2 Å². The largest absolute Gasteiger partial charge is 0.464 e. The number of carbonyl (C=O) groups is 2. The van der Waals surface area contributed by atoms with Crippen molar-refractivity contribution in [2.24, 2.45) is 5.92 Å². The lowest BCUT2D eigenvalue weighted by Crippen LogP contribution is -2.54. The van der Waals surface area contributed by atoms with Crippen LogP contribution in [0.5, 0.6) is 5.75 Å². The monoisotopic (exact) mass is 791 g/mol. The molecule has 14 heteroatoms. The van der Waals surface area contributed by atoms with Crippen LogP contribution in [0.15, 0.2) is 67.3 Å². The van der Waals surface area contributed by atoms with Crippen molar-refractivity contribution in [2.45, 2.75) is 83.2 Å². The van der Waals surface area contributed by atoms with Gasteiger partial charge in [-0.3, -0.25) is 9.36 Å². The molecule has 0 aliphatic carbocycles. The predicted octanol–water partition coefficient (Wildman–Crippen LogP) is 8.95. The van der Waals surface area contributed by atoms with Crippen molar-refractivity contribution in [1.29, 1.82) is 0 Å². The van der Waals surface area contributed by atoms with Gasteiger partial charge in [0, 0.05) is 34.5 Å². The molecule has 296 valence electrons. The van der Waals surface area contributed by atoms with E-state index in [4.69, 9.17) is 19.2 Å². The topological polar surface area (TPSA) is 139 Å². The Labute approximate surface area is 333 Å². The molecule has 3 N–H and O–H groups in total. The van der Waals surface area contributed by atoms with Crippen LogP contribution in [-0.4, -0.2) is 73.3 Å². The first-order valence-corrected chi connectivity index (χ1v) is 20.4. The number of aromatic amines is 2. The molecule has 3 aliphatic rings. The number of alkyl carbamates (subject to hydrolysis) is 1. The number of rotatable bonds is 8. The highest BCUT2D eigenvalue weighted by molar-refractivity contribution is 7.12. The average molecular weight is 792 g/mol. The minimum absolute atomic E-state index is 0.102. The second-order valence-corrected chi connectivity index (χ2v) is 17.3. The lowest BCUT2D eigenvalue weighted by molar-refractivity contribution is -0.139. The fourth-order valence-electron chi connectivity index (χ4n) is 8.79. The molecule has 0 radical (unpaired) electrons. The van der Waals surface area contributed by atoms with Crippen LogP contribution in [-0.2, 0) is 14.3 Å². The van der Waals surface area contributed by atoms with Crippen LogP contribution in [0.3, 0.4) is 0 Å². The van der Waals surface area contributed by atoms with Gasteiger partial charge in [0.05, 0.1) is 70.5 Å². The van der Waals surface area contributed by atoms with Gasteiger partial charge in [-0.1, -0.05) is 19.9 Å². The first kappa shape index (κ1) is 37.1. The number of hydrogen-bond acceptors (Lipinski definition) is 8. The standard InChI is InChI=1S/C43H46FN7O5S/c1-23(2)35-10-11-36(57-35)41-51-31-9-8-24(15-27(31)17-33(51)37-28(44)16-26(18-34(37)56-41)29-20-45-22-47-29)30-21-46-39(48-30)32-7-6-13-50(32)40(52)38(49-42(53)54-5)25-12-14-55-43(3,4)19-25/h8-11,15-18,20-23,25,32,38,41H,6-7,12-14,19H2,1-5H3,(H,45,47)(H,46,48)(H,49,53). The summed E-state index contributed by atoms with van der Waals surface area (Å²) in [4.78, 5) is 46.4. The molecular formula is C43H46FN7O5S. The molecule has 0 spiro atoms. The molecule has 7 heterocycles. The normalized spacial score (nSPS) is 20.6. The number of thiophene rings is 1. The van der Waals surface area contributed by atoms with Crippen molar-refractivity contribution in [2.75, 3.05) is 20.3 Å². The van der Waals surface area contributed by atoms with E-state index in [9.17, 15) is 9.59 Å². The summed E-state index contributed by atoms with van der Waals surface area (Å²) in [6.45, 7) is 9.44. The second-order valence-electron chi connectivity index (χ2n) is 16.2. The zero-order valence-electron chi connectivity index (χ0n) is 32.6. The molecule has 4 unspecified atom stereocenters. The van der Waals surface area contributed by atoms with E-state index in [1.807, 2.05) is 43.0 Å². The lowest BCUT2D eigenvalue weighted by Gasteiger charge is -2.40. The minimum atomic E-state index is -0.745. The number of ether oxygens (including phenoxy) is 3. The third-order valence-electron chi connectivity index (χ3n) is 11.6. The SMILES string of the molecule is COC(=O)NC(C(=O)N1CCCC1c1ncc(-c2ccc3c(c2)cc2n3C(c3ccc(C(C)C)s3)Oc3cc(-c4cnc[nH]4)cc(F)c3-2)[nH]1)C1CCOC(C)(C)C1. The van der Waals surface area contributed by atoms with Gasteiger partial charge >= 0.3 is 6.09 Å². The number of hydrogen-bond donors (Lipinski definition) is 3. The van der Waals surface area contributed by atoms with Crippen molar-refractivity contribution >= 4 is 34.2 Å². The average Bonchev–Trinajstić information content (AvgIpc) is 4.04. The maximum absolute atomic E-state index is 16.2. The number of carbonyl (C=O) groups excluding carboxylic acids is 2. The molecule has 0 saturated carbocycles. The molecule has 2 fully saturated rings. The lowest BCUT2D eigenvalue weighted by atomic mass is 9.82. The highest BCUT2D eigenvalue weighted by Crippen LogP contribution is 2.48. The van der Waals surface area contributed by atoms with Crippen LogP contribution in [0, 0.1) is 11.7 Å². The van der Waals surface area contributed by atoms with Crippen molar-refractivity contribution in [3.63, 3.8) is 0 Å². The summed E-state index contributed by atoms with van der Waals surface area (Å²) in [6.07, 6.45) is 6.76. The Balaban J connectivity index is 1.05.